The molecule has 2 atom stereocenters. The summed E-state index contributed by atoms with van der Waals surface area (Å²) in [6.45, 7) is 15.7. The summed E-state index contributed by atoms with van der Waals surface area (Å²) >= 11 is 0. The van der Waals surface area contributed by atoms with E-state index in [2.05, 4.69) is 41.5 Å². The highest BCUT2D eigenvalue weighted by atomic mass is 14.3. The normalized spacial score (nSPS) is 15.2. The van der Waals surface area contributed by atoms with Gasteiger partial charge in [-0.25, -0.2) is 0 Å². The molecule has 73 valence electrons. The van der Waals surface area contributed by atoms with E-state index < -0.39 is 0 Å². The monoisotopic (exact) mass is 169 g/mol. The second kappa shape index (κ2) is 4.89. The van der Waals surface area contributed by atoms with Crippen molar-refractivity contribution in [2.45, 2.75) is 53.9 Å². The first kappa shape index (κ1) is 12.0. The van der Waals surface area contributed by atoms with Crippen LogP contribution in [0.3, 0.4) is 0 Å². The van der Waals surface area contributed by atoms with Gasteiger partial charge in [-0.2, -0.15) is 0 Å². The van der Waals surface area contributed by atoms with Crippen molar-refractivity contribution in [1.29, 1.82) is 0 Å². The van der Waals surface area contributed by atoms with E-state index in [1.807, 2.05) is 0 Å². The second-order valence-corrected chi connectivity index (χ2v) is 4.62. The van der Waals surface area contributed by atoms with Crippen LogP contribution in [-0.4, -0.2) is 0 Å². The molecular formula is C12H25. The summed E-state index contributed by atoms with van der Waals surface area (Å²) in [5.41, 5.74) is 0.408. The second-order valence-electron chi connectivity index (χ2n) is 4.62. The van der Waals surface area contributed by atoms with Crippen molar-refractivity contribution >= 4 is 0 Å². The number of hydrogen-bond acceptors (Lipinski definition) is 0. The first-order valence-electron chi connectivity index (χ1n) is 5.29. The van der Waals surface area contributed by atoms with Crippen molar-refractivity contribution in [1.82, 2.24) is 0 Å². The molecule has 0 heteroatoms. The Morgan fingerprint density at radius 2 is 1.75 bits per heavy atom. The van der Waals surface area contributed by atoms with E-state index in [0.717, 1.165) is 5.92 Å². The van der Waals surface area contributed by atoms with Gasteiger partial charge in [0, 0.05) is 0 Å². The molecule has 0 heterocycles. The molecule has 0 aromatic carbocycles. The zero-order valence-corrected chi connectivity index (χ0v) is 9.48. The molecule has 0 spiro atoms. The Kier molecular flexibility index (Phi) is 4.89. The minimum absolute atomic E-state index is 0.408. The molecule has 0 aliphatic heterocycles. The van der Waals surface area contributed by atoms with Crippen molar-refractivity contribution in [2.75, 3.05) is 0 Å². The Balaban J connectivity index is 4.25. The van der Waals surface area contributed by atoms with Crippen LogP contribution in [-0.2, 0) is 0 Å². The fourth-order valence-corrected chi connectivity index (χ4v) is 1.85. The highest BCUT2D eigenvalue weighted by Gasteiger charge is 2.30. The minimum atomic E-state index is 0.408. The molecule has 1 radical (unpaired) electrons. The van der Waals surface area contributed by atoms with Crippen LogP contribution in [0.25, 0.3) is 0 Å². The maximum Gasteiger partial charge on any atom is -0.0300 e. The van der Waals surface area contributed by atoms with E-state index >= 15 is 0 Å². The quantitative estimate of drug-likeness (QED) is 0.575. The van der Waals surface area contributed by atoms with Crippen LogP contribution in [0.2, 0.25) is 0 Å². The molecule has 0 saturated heterocycles. The lowest BCUT2D eigenvalue weighted by molar-refractivity contribution is 0.139. The molecule has 0 saturated carbocycles. The summed E-state index contributed by atoms with van der Waals surface area (Å²) < 4.78 is 0. The third-order valence-electron chi connectivity index (χ3n) is 3.45. The van der Waals surface area contributed by atoms with Gasteiger partial charge in [-0.15, -0.1) is 0 Å². The summed E-state index contributed by atoms with van der Waals surface area (Å²) in [7, 11) is 0. The minimum Gasteiger partial charge on any atom is -0.0654 e. The van der Waals surface area contributed by atoms with Gasteiger partial charge in [-0.05, 0) is 24.2 Å². The van der Waals surface area contributed by atoms with Crippen LogP contribution in [0, 0.1) is 24.2 Å². The van der Waals surface area contributed by atoms with Crippen molar-refractivity contribution in [3.05, 3.63) is 6.92 Å². The molecule has 0 aliphatic rings. The Morgan fingerprint density at radius 1 is 1.25 bits per heavy atom. The summed E-state index contributed by atoms with van der Waals surface area (Å²) in [5.74, 6) is 1.39. The predicted octanol–water partition coefficient (Wildman–Crippen LogP) is 4.31. The maximum absolute atomic E-state index is 4.16. The fraction of sp³-hybridized carbons (Fsp3) is 0.917. The van der Waals surface area contributed by atoms with Gasteiger partial charge >= 0.3 is 0 Å². The average Bonchev–Trinajstić information content (AvgIpc) is 1.99. The van der Waals surface area contributed by atoms with E-state index in [-0.39, 0.29) is 0 Å². The van der Waals surface area contributed by atoms with Gasteiger partial charge in [0.2, 0.25) is 0 Å². The van der Waals surface area contributed by atoms with Crippen molar-refractivity contribution < 1.29 is 0 Å². The standard InChI is InChI=1S/C12H25/c1-7-9-11(8-2)12(5,6)10(3)4/h10-11H,3,7-9H2,1-2,4-6H3. The Labute approximate surface area is 78.8 Å². The first-order valence-corrected chi connectivity index (χ1v) is 5.29. The van der Waals surface area contributed by atoms with Crippen LogP contribution in [0.5, 0.6) is 0 Å². The maximum atomic E-state index is 4.16. The lowest BCUT2D eigenvalue weighted by atomic mass is 9.68. The van der Waals surface area contributed by atoms with E-state index in [0.29, 0.717) is 11.3 Å². The van der Waals surface area contributed by atoms with Crippen LogP contribution >= 0.6 is 0 Å². The smallest absolute Gasteiger partial charge is 0.0300 e. The van der Waals surface area contributed by atoms with Gasteiger partial charge in [0.1, 0.15) is 0 Å². The van der Waals surface area contributed by atoms with E-state index in [4.69, 9.17) is 0 Å². The summed E-state index contributed by atoms with van der Waals surface area (Å²) in [4.78, 5) is 0. The lowest BCUT2D eigenvalue weighted by Gasteiger charge is -2.37. The molecule has 0 aromatic heterocycles. The van der Waals surface area contributed by atoms with Gasteiger partial charge in [0.05, 0.1) is 0 Å². The Morgan fingerprint density at radius 3 is 2.00 bits per heavy atom. The van der Waals surface area contributed by atoms with Crippen LogP contribution in [0.15, 0.2) is 0 Å². The molecule has 12 heavy (non-hydrogen) atoms. The highest BCUT2D eigenvalue weighted by molar-refractivity contribution is 4.83. The number of hydrogen-bond donors (Lipinski definition) is 0. The molecular weight excluding hydrogens is 144 g/mol. The number of rotatable bonds is 5. The van der Waals surface area contributed by atoms with Crippen molar-refractivity contribution in [3.8, 4) is 0 Å². The van der Waals surface area contributed by atoms with Gasteiger partial charge in [0.25, 0.3) is 0 Å². The van der Waals surface area contributed by atoms with Gasteiger partial charge in [-0.1, -0.05) is 53.9 Å². The van der Waals surface area contributed by atoms with E-state index in [1.54, 1.807) is 0 Å². The zero-order valence-electron chi connectivity index (χ0n) is 9.48. The van der Waals surface area contributed by atoms with Crippen molar-refractivity contribution in [2.24, 2.45) is 17.3 Å². The fourth-order valence-electron chi connectivity index (χ4n) is 1.85. The molecule has 0 amide bonds. The SMILES string of the molecule is [CH2]C(C)C(C)(C)C(CC)CCC. The largest absolute Gasteiger partial charge is 0.0654 e. The molecule has 0 aliphatic carbocycles. The van der Waals surface area contributed by atoms with E-state index in [1.165, 1.54) is 19.3 Å². The summed E-state index contributed by atoms with van der Waals surface area (Å²) in [6, 6.07) is 0. The Bertz CT molecular complexity index is 111. The van der Waals surface area contributed by atoms with Crippen LogP contribution in [0.4, 0.5) is 0 Å². The van der Waals surface area contributed by atoms with Gasteiger partial charge in [-0.3, -0.25) is 0 Å². The van der Waals surface area contributed by atoms with Gasteiger partial charge < -0.3 is 0 Å². The van der Waals surface area contributed by atoms with Crippen LogP contribution in [0.1, 0.15) is 53.9 Å². The molecule has 0 fully saturated rings. The summed E-state index contributed by atoms with van der Waals surface area (Å²) in [6.07, 6.45) is 3.94. The predicted molar refractivity (Wildman–Crippen MR) is 57.0 cm³/mol. The molecule has 0 N–H and O–H groups in total. The highest BCUT2D eigenvalue weighted by Crippen LogP contribution is 2.39. The molecule has 0 nitrogen and oxygen atoms in total. The molecule has 0 rings (SSSR count). The topological polar surface area (TPSA) is 0 Å². The molecule has 0 aromatic rings. The van der Waals surface area contributed by atoms with Crippen molar-refractivity contribution in [3.63, 3.8) is 0 Å². The Hall–Kier alpha value is 0. The summed E-state index contributed by atoms with van der Waals surface area (Å²) in [5, 5.41) is 0. The third kappa shape index (κ3) is 2.80. The molecule has 0 bridgehead atoms. The lowest BCUT2D eigenvalue weighted by Crippen LogP contribution is -2.29. The van der Waals surface area contributed by atoms with Crippen LogP contribution < -0.4 is 0 Å². The van der Waals surface area contributed by atoms with Gasteiger partial charge in [0.15, 0.2) is 0 Å². The van der Waals surface area contributed by atoms with E-state index in [9.17, 15) is 0 Å². The zero-order chi connectivity index (χ0) is 9.78. The first-order chi connectivity index (χ1) is 5.46. The third-order valence-corrected chi connectivity index (χ3v) is 3.45. The molecule has 2 unspecified atom stereocenters. The average molecular weight is 169 g/mol.